The number of hydrogen-bond acceptors (Lipinski definition) is 4. The number of methoxy groups -OCH3 is 1. The van der Waals surface area contributed by atoms with E-state index in [1.54, 1.807) is 25.0 Å². The van der Waals surface area contributed by atoms with Crippen LogP contribution in [-0.2, 0) is 21.7 Å². The molecule has 162 valence electrons. The summed E-state index contributed by atoms with van der Waals surface area (Å²) >= 11 is 3.45. The zero-order chi connectivity index (χ0) is 22.2. The van der Waals surface area contributed by atoms with Crippen LogP contribution < -0.4 is 10.1 Å². The van der Waals surface area contributed by atoms with Crippen LogP contribution in [0.5, 0.6) is 5.75 Å². The van der Waals surface area contributed by atoms with Crippen LogP contribution in [0.25, 0.3) is 0 Å². The van der Waals surface area contributed by atoms with Crippen molar-refractivity contribution >= 4 is 33.8 Å². The van der Waals surface area contributed by atoms with Crippen LogP contribution in [-0.4, -0.2) is 47.3 Å². The first-order valence-electron chi connectivity index (χ1n) is 10.1. The van der Waals surface area contributed by atoms with Gasteiger partial charge in [-0.15, -0.1) is 0 Å². The topological polar surface area (TPSA) is 79.0 Å². The highest BCUT2D eigenvalue weighted by molar-refractivity contribution is 9.10. The average molecular weight is 486 g/mol. The normalized spacial score (nSPS) is 20.5. The van der Waals surface area contributed by atoms with Gasteiger partial charge < -0.3 is 15.0 Å². The van der Waals surface area contributed by atoms with E-state index in [4.69, 9.17) is 4.74 Å². The Labute approximate surface area is 189 Å². The van der Waals surface area contributed by atoms with Crippen molar-refractivity contribution in [2.45, 2.75) is 37.9 Å². The first-order chi connectivity index (χ1) is 14.8. The Bertz CT molecular complexity index is 1020. The van der Waals surface area contributed by atoms with E-state index in [0.29, 0.717) is 12.1 Å². The van der Waals surface area contributed by atoms with Gasteiger partial charge in [-0.2, -0.15) is 0 Å². The van der Waals surface area contributed by atoms with E-state index in [1.165, 1.54) is 0 Å². The summed E-state index contributed by atoms with van der Waals surface area (Å²) in [6.45, 7) is 1.81. The largest absolute Gasteiger partial charge is 0.497 e. The van der Waals surface area contributed by atoms with Gasteiger partial charge in [-0.05, 0) is 43.5 Å². The summed E-state index contributed by atoms with van der Waals surface area (Å²) in [4.78, 5) is 41.8. The number of hydrogen-bond donors (Lipinski definition) is 1. The molecule has 1 saturated heterocycles. The SMILES string of the molecule is COc1ccc(CN(C(=O)CN2C(=O)N[C@](C)(c3ccccc3Br)C2=O)C2CC2)cc1. The van der Waals surface area contributed by atoms with Gasteiger partial charge in [0.15, 0.2) is 0 Å². The number of rotatable bonds is 7. The second-order valence-electron chi connectivity index (χ2n) is 8.03. The molecule has 2 aromatic carbocycles. The van der Waals surface area contributed by atoms with E-state index in [2.05, 4.69) is 21.2 Å². The third-order valence-electron chi connectivity index (χ3n) is 5.80. The molecule has 2 fully saturated rings. The molecule has 0 bridgehead atoms. The summed E-state index contributed by atoms with van der Waals surface area (Å²) in [6, 6.07) is 14.4. The second-order valence-corrected chi connectivity index (χ2v) is 8.88. The molecule has 0 radical (unpaired) electrons. The summed E-state index contributed by atoms with van der Waals surface area (Å²) in [6.07, 6.45) is 1.85. The number of nitrogens with one attached hydrogen (secondary N) is 1. The Balaban J connectivity index is 1.50. The van der Waals surface area contributed by atoms with Gasteiger partial charge in [0.2, 0.25) is 5.91 Å². The van der Waals surface area contributed by atoms with Crippen molar-refractivity contribution in [2.75, 3.05) is 13.7 Å². The maximum atomic E-state index is 13.2. The van der Waals surface area contributed by atoms with E-state index in [-0.39, 0.29) is 18.5 Å². The Morgan fingerprint density at radius 2 is 1.87 bits per heavy atom. The zero-order valence-corrected chi connectivity index (χ0v) is 19.0. The maximum Gasteiger partial charge on any atom is 0.325 e. The molecule has 1 aliphatic heterocycles. The highest BCUT2D eigenvalue weighted by atomic mass is 79.9. The third-order valence-corrected chi connectivity index (χ3v) is 6.49. The zero-order valence-electron chi connectivity index (χ0n) is 17.4. The van der Waals surface area contributed by atoms with Crippen LogP contribution in [0.4, 0.5) is 4.79 Å². The molecule has 8 heteroatoms. The molecule has 31 heavy (non-hydrogen) atoms. The number of nitrogens with zero attached hydrogens (tertiary/aromatic N) is 2. The van der Waals surface area contributed by atoms with E-state index >= 15 is 0 Å². The third kappa shape index (κ3) is 4.17. The van der Waals surface area contributed by atoms with Gasteiger partial charge in [0.1, 0.15) is 17.8 Å². The lowest BCUT2D eigenvalue weighted by atomic mass is 9.92. The Morgan fingerprint density at radius 1 is 1.19 bits per heavy atom. The molecule has 0 spiro atoms. The minimum atomic E-state index is -1.22. The van der Waals surface area contributed by atoms with Crippen LogP contribution >= 0.6 is 15.9 Å². The Kier molecular flexibility index (Phi) is 5.75. The number of carbonyl (C=O) groups excluding carboxylic acids is 3. The predicted octanol–water partition coefficient (Wildman–Crippen LogP) is 3.42. The van der Waals surface area contributed by atoms with Crippen LogP contribution in [0, 0.1) is 0 Å². The van der Waals surface area contributed by atoms with Gasteiger partial charge in [-0.3, -0.25) is 14.5 Å². The lowest BCUT2D eigenvalue weighted by molar-refractivity contribution is -0.139. The monoisotopic (exact) mass is 485 g/mol. The van der Waals surface area contributed by atoms with Gasteiger partial charge in [0.05, 0.1) is 7.11 Å². The molecule has 1 N–H and O–H groups in total. The maximum absolute atomic E-state index is 13.2. The molecule has 1 aliphatic carbocycles. The van der Waals surface area contributed by atoms with Crippen molar-refractivity contribution in [3.05, 3.63) is 64.1 Å². The van der Waals surface area contributed by atoms with Crippen LogP contribution in [0.15, 0.2) is 53.0 Å². The molecular weight excluding hydrogens is 462 g/mol. The average Bonchev–Trinajstić information content (AvgIpc) is 3.57. The van der Waals surface area contributed by atoms with Gasteiger partial charge in [0.25, 0.3) is 5.91 Å². The summed E-state index contributed by atoms with van der Waals surface area (Å²) < 4.78 is 5.91. The van der Waals surface area contributed by atoms with E-state index < -0.39 is 17.5 Å². The van der Waals surface area contributed by atoms with E-state index in [1.807, 2.05) is 42.5 Å². The molecule has 1 heterocycles. The van der Waals surface area contributed by atoms with Crippen LogP contribution in [0.2, 0.25) is 0 Å². The van der Waals surface area contributed by atoms with Gasteiger partial charge >= 0.3 is 6.03 Å². The second kappa shape index (κ2) is 8.34. The molecule has 2 aliphatic rings. The minimum absolute atomic E-state index is 0.144. The quantitative estimate of drug-likeness (QED) is 0.609. The highest BCUT2D eigenvalue weighted by Gasteiger charge is 2.50. The van der Waals surface area contributed by atoms with Crippen molar-refractivity contribution in [3.63, 3.8) is 0 Å². The molecular formula is C23H24BrN3O4. The van der Waals surface area contributed by atoms with Gasteiger partial charge in [-0.25, -0.2) is 4.79 Å². The van der Waals surface area contributed by atoms with Crippen molar-refractivity contribution in [1.29, 1.82) is 0 Å². The summed E-state index contributed by atoms with van der Waals surface area (Å²) in [7, 11) is 1.61. The lowest BCUT2D eigenvalue weighted by Crippen LogP contribution is -2.45. The van der Waals surface area contributed by atoms with Crippen LogP contribution in [0.3, 0.4) is 0 Å². The molecule has 1 atom stereocenters. The number of imide groups is 1. The van der Waals surface area contributed by atoms with E-state index in [0.717, 1.165) is 33.5 Å². The smallest absolute Gasteiger partial charge is 0.325 e. The Morgan fingerprint density at radius 3 is 2.48 bits per heavy atom. The number of benzene rings is 2. The fourth-order valence-corrected chi connectivity index (χ4v) is 4.53. The molecule has 7 nitrogen and oxygen atoms in total. The first-order valence-corrected chi connectivity index (χ1v) is 10.9. The summed E-state index contributed by atoms with van der Waals surface area (Å²) in [5.74, 6) is 0.0786. The first kappa shape index (κ1) is 21.4. The fraction of sp³-hybridized carbons (Fsp3) is 0.348. The molecule has 0 unspecified atom stereocenters. The number of halogens is 1. The van der Waals surface area contributed by atoms with Crippen LogP contribution in [0.1, 0.15) is 30.9 Å². The fourth-order valence-electron chi connectivity index (χ4n) is 3.85. The summed E-state index contributed by atoms with van der Waals surface area (Å²) in [5.41, 5.74) is 0.398. The van der Waals surface area contributed by atoms with Crippen molar-refractivity contribution in [1.82, 2.24) is 15.1 Å². The molecule has 1 saturated carbocycles. The standard InChI is InChI=1S/C23H24BrN3O4/c1-23(18-5-3-4-6-19(18)24)21(29)27(22(30)25-23)14-20(28)26(16-9-10-16)13-15-7-11-17(31-2)12-8-15/h3-8,11-12,16H,9-10,13-14H2,1-2H3,(H,25,30)/t23-/m1/s1. The number of carbonyl (C=O) groups is 3. The highest BCUT2D eigenvalue weighted by Crippen LogP contribution is 2.34. The van der Waals surface area contributed by atoms with Crippen molar-refractivity contribution < 1.29 is 19.1 Å². The van der Waals surface area contributed by atoms with Gasteiger partial charge in [-0.1, -0.05) is 46.3 Å². The van der Waals surface area contributed by atoms with E-state index in [9.17, 15) is 14.4 Å². The number of urea groups is 1. The lowest BCUT2D eigenvalue weighted by Gasteiger charge is -2.26. The number of amides is 4. The number of ether oxygens (including phenoxy) is 1. The molecule has 0 aromatic heterocycles. The molecule has 4 rings (SSSR count). The van der Waals surface area contributed by atoms with Crippen molar-refractivity contribution in [2.24, 2.45) is 0 Å². The van der Waals surface area contributed by atoms with Crippen molar-refractivity contribution in [3.8, 4) is 5.75 Å². The molecule has 2 aromatic rings. The minimum Gasteiger partial charge on any atom is -0.497 e. The predicted molar refractivity (Wildman–Crippen MR) is 118 cm³/mol. The molecule has 4 amide bonds. The van der Waals surface area contributed by atoms with Gasteiger partial charge in [0, 0.05) is 22.6 Å². The summed E-state index contributed by atoms with van der Waals surface area (Å²) in [5, 5.41) is 2.76. The Hall–Kier alpha value is -2.87.